The van der Waals surface area contributed by atoms with E-state index in [1.807, 2.05) is 0 Å². The molecular formula is C13H6BrClF2N2S. The fraction of sp³-hybridized carbons (Fsp3) is 0. The van der Waals surface area contributed by atoms with Crippen LogP contribution in [0.25, 0.3) is 16.7 Å². The predicted octanol–water partition coefficient (Wildman–Crippen LogP) is 5.38. The highest BCUT2D eigenvalue weighted by molar-refractivity contribution is 9.10. The Morgan fingerprint density at radius 2 is 1.90 bits per heavy atom. The lowest BCUT2D eigenvalue weighted by atomic mass is 10.2. The van der Waals surface area contributed by atoms with Crippen molar-refractivity contribution >= 4 is 50.8 Å². The largest absolute Gasteiger partial charge is 0.330 e. The third kappa shape index (κ3) is 2.17. The van der Waals surface area contributed by atoms with Gasteiger partial charge in [-0.25, -0.2) is 8.78 Å². The summed E-state index contributed by atoms with van der Waals surface area (Å²) in [6, 6.07) is 7.34. The molecule has 0 bridgehead atoms. The van der Waals surface area contributed by atoms with E-state index < -0.39 is 11.6 Å². The summed E-state index contributed by atoms with van der Waals surface area (Å²) in [7, 11) is 0. The molecule has 3 aromatic rings. The van der Waals surface area contributed by atoms with Crippen LogP contribution in [0.2, 0.25) is 5.02 Å². The average molecular weight is 376 g/mol. The Kier molecular flexibility index (Phi) is 3.40. The highest BCUT2D eigenvalue weighted by Gasteiger charge is 2.11. The van der Waals surface area contributed by atoms with E-state index in [-0.39, 0.29) is 5.02 Å². The summed E-state index contributed by atoms with van der Waals surface area (Å²) in [5.41, 5.74) is 1.62. The van der Waals surface area contributed by atoms with Crippen molar-refractivity contribution in [1.82, 2.24) is 9.55 Å². The van der Waals surface area contributed by atoms with Crippen molar-refractivity contribution in [3.05, 3.63) is 56.2 Å². The number of benzene rings is 2. The number of imidazole rings is 1. The molecule has 1 heterocycles. The number of fused-ring (bicyclic) bond motifs is 1. The molecule has 0 aliphatic heterocycles. The van der Waals surface area contributed by atoms with Gasteiger partial charge in [0.1, 0.15) is 11.6 Å². The van der Waals surface area contributed by atoms with E-state index in [1.54, 1.807) is 16.7 Å². The smallest absolute Gasteiger partial charge is 0.182 e. The maximum atomic E-state index is 13.7. The van der Waals surface area contributed by atoms with Crippen LogP contribution in [0.3, 0.4) is 0 Å². The lowest BCUT2D eigenvalue weighted by Gasteiger charge is -2.06. The molecule has 0 amide bonds. The van der Waals surface area contributed by atoms with Crippen molar-refractivity contribution in [2.24, 2.45) is 0 Å². The number of aromatic amines is 1. The molecule has 1 aromatic heterocycles. The second kappa shape index (κ2) is 4.95. The minimum Gasteiger partial charge on any atom is -0.330 e. The summed E-state index contributed by atoms with van der Waals surface area (Å²) in [4.78, 5) is 2.87. The number of hydrogen-bond donors (Lipinski definition) is 1. The Balaban J connectivity index is 2.35. The number of aromatic nitrogens is 2. The van der Waals surface area contributed by atoms with Gasteiger partial charge < -0.3 is 4.98 Å². The quantitative estimate of drug-likeness (QED) is 0.566. The van der Waals surface area contributed by atoms with Crippen LogP contribution in [0, 0.1) is 16.4 Å². The van der Waals surface area contributed by atoms with Crippen LogP contribution in [-0.4, -0.2) is 9.55 Å². The number of nitrogens with zero attached hydrogens (tertiary/aromatic N) is 1. The highest BCUT2D eigenvalue weighted by atomic mass is 79.9. The SMILES string of the molecule is Fc1cc2[nH]c(=S)n(-c3ccc(Br)c(F)c3)c2cc1Cl. The molecule has 0 unspecified atom stereocenters. The summed E-state index contributed by atoms with van der Waals surface area (Å²) >= 11 is 14.1. The van der Waals surface area contributed by atoms with Crippen LogP contribution in [0.1, 0.15) is 0 Å². The van der Waals surface area contributed by atoms with Gasteiger partial charge in [0, 0.05) is 6.07 Å². The molecule has 0 atom stereocenters. The first-order valence-corrected chi connectivity index (χ1v) is 7.10. The monoisotopic (exact) mass is 374 g/mol. The fourth-order valence-corrected chi connectivity index (χ4v) is 2.70. The first kappa shape index (κ1) is 13.7. The van der Waals surface area contributed by atoms with Crippen molar-refractivity contribution in [2.75, 3.05) is 0 Å². The lowest BCUT2D eigenvalue weighted by molar-refractivity contribution is 0.620. The fourth-order valence-electron chi connectivity index (χ4n) is 1.98. The van der Waals surface area contributed by atoms with E-state index >= 15 is 0 Å². The van der Waals surface area contributed by atoms with Crippen LogP contribution in [0.15, 0.2) is 34.8 Å². The van der Waals surface area contributed by atoms with Crippen molar-refractivity contribution in [3.63, 3.8) is 0 Å². The first-order chi connectivity index (χ1) is 9.47. The topological polar surface area (TPSA) is 20.7 Å². The third-order valence-corrected chi connectivity index (χ3v) is 4.10. The van der Waals surface area contributed by atoms with Gasteiger partial charge in [0.25, 0.3) is 0 Å². The van der Waals surface area contributed by atoms with Gasteiger partial charge >= 0.3 is 0 Å². The highest BCUT2D eigenvalue weighted by Crippen LogP contribution is 2.27. The Morgan fingerprint density at radius 3 is 2.60 bits per heavy atom. The van der Waals surface area contributed by atoms with Crippen molar-refractivity contribution < 1.29 is 8.78 Å². The molecule has 0 radical (unpaired) electrons. The minimum atomic E-state index is -0.537. The number of rotatable bonds is 1. The number of hydrogen-bond acceptors (Lipinski definition) is 1. The standard InChI is InChI=1S/C13H6BrClF2N2S/c14-7-2-1-6(3-9(7)16)19-12-4-8(15)10(17)5-11(12)18-13(19)20/h1-5H,(H,18,20). The van der Waals surface area contributed by atoms with Crippen LogP contribution in [0.4, 0.5) is 8.78 Å². The van der Waals surface area contributed by atoms with E-state index in [1.165, 1.54) is 18.2 Å². The zero-order valence-corrected chi connectivity index (χ0v) is 12.9. The molecule has 20 heavy (non-hydrogen) atoms. The number of halogens is 4. The summed E-state index contributed by atoms with van der Waals surface area (Å²) in [5.74, 6) is -0.948. The summed E-state index contributed by atoms with van der Waals surface area (Å²) in [6.07, 6.45) is 0. The van der Waals surface area contributed by atoms with E-state index in [9.17, 15) is 8.78 Å². The molecule has 1 N–H and O–H groups in total. The molecule has 0 spiro atoms. The second-order valence-corrected chi connectivity index (χ2v) is 5.80. The summed E-state index contributed by atoms with van der Waals surface area (Å²) in [6.45, 7) is 0. The van der Waals surface area contributed by atoms with Gasteiger partial charge in [-0.2, -0.15) is 0 Å². The van der Waals surface area contributed by atoms with E-state index in [0.29, 0.717) is 26.0 Å². The van der Waals surface area contributed by atoms with Gasteiger partial charge in [-0.15, -0.1) is 0 Å². The van der Waals surface area contributed by atoms with Crippen LogP contribution < -0.4 is 0 Å². The molecule has 0 aliphatic carbocycles. The van der Waals surface area contributed by atoms with E-state index in [4.69, 9.17) is 23.8 Å². The van der Waals surface area contributed by atoms with Crippen molar-refractivity contribution in [2.45, 2.75) is 0 Å². The second-order valence-electron chi connectivity index (χ2n) is 4.15. The lowest BCUT2D eigenvalue weighted by Crippen LogP contribution is -1.95. The molecule has 3 rings (SSSR count). The number of nitrogens with one attached hydrogen (secondary N) is 1. The third-order valence-electron chi connectivity index (χ3n) is 2.89. The van der Waals surface area contributed by atoms with Gasteiger partial charge in [-0.05, 0) is 52.4 Å². The van der Waals surface area contributed by atoms with Crippen molar-refractivity contribution in [1.29, 1.82) is 0 Å². The Bertz CT molecular complexity index is 888. The molecule has 0 saturated carbocycles. The molecule has 2 aromatic carbocycles. The van der Waals surface area contributed by atoms with Gasteiger partial charge in [0.15, 0.2) is 4.77 Å². The Hall–Kier alpha value is -1.24. The van der Waals surface area contributed by atoms with E-state index in [0.717, 1.165) is 0 Å². The molecule has 7 heteroatoms. The number of H-pyrrole nitrogens is 1. The average Bonchev–Trinajstić information content (AvgIpc) is 2.69. The molecule has 2 nitrogen and oxygen atoms in total. The van der Waals surface area contributed by atoms with Gasteiger partial charge in [0.2, 0.25) is 0 Å². The van der Waals surface area contributed by atoms with Crippen LogP contribution in [-0.2, 0) is 0 Å². The van der Waals surface area contributed by atoms with Gasteiger partial charge in [-0.3, -0.25) is 4.57 Å². The predicted molar refractivity (Wildman–Crippen MR) is 81.1 cm³/mol. The molecule has 0 aliphatic rings. The van der Waals surface area contributed by atoms with Crippen LogP contribution >= 0.6 is 39.7 Å². The molecule has 0 saturated heterocycles. The Labute approximate surface area is 131 Å². The molecule has 0 fully saturated rings. The van der Waals surface area contributed by atoms with Crippen LogP contribution in [0.5, 0.6) is 0 Å². The zero-order valence-electron chi connectivity index (χ0n) is 9.75. The van der Waals surface area contributed by atoms with Gasteiger partial charge in [-0.1, -0.05) is 11.6 Å². The molecule has 102 valence electrons. The Morgan fingerprint density at radius 1 is 1.15 bits per heavy atom. The maximum Gasteiger partial charge on any atom is 0.182 e. The first-order valence-electron chi connectivity index (χ1n) is 5.52. The molecular weight excluding hydrogens is 370 g/mol. The van der Waals surface area contributed by atoms with Crippen molar-refractivity contribution in [3.8, 4) is 5.69 Å². The summed E-state index contributed by atoms with van der Waals surface area (Å²) in [5, 5.41) is -0.0159. The minimum absolute atomic E-state index is 0.0159. The normalized spacial score (nSPS) is 11.2. The van der Waals surface area contributed by atoms with Gasteiger partial charge in [0.05, 0.1) is 26.2 Å². The van der Waals surface area contributed by atoms with E-state index in [2.05, 4.69) is 20.9 Å². The zero-order chi connectivity index (χ0) is 14.4. The maximum absolute atomic E-state index is 13.7. The summed E-state index contributed by atoms with van der Waals surface area (Å²) < 4.78 is 29.4.